The van der Waals surface area contributed by atoms with E-state index in [1.807, 2.05) is 20.8 Å². The average molecular weight is 429 g/mol. The molecule has 2 aromatic carbocycles. The Kier molecular flexibility index (Phi) is 6.74. The predicted molar refractivity (Wildman–Crippen MR) is 112 cm³/mol. The molecule has 0 aliphatic rings. The van der Waals surface area contributed by atoms with E-state index in [0.29, 0.717) is 34.4 Å². The van der Waals surface area contributed by atoms with Crippen LogP contribution in [0.25, 0.3) is 0 Å². The van der Waals surface area contributed by atoms with Crippen molar-refractivity contribution in [1.29, 1.82) is 0 Å². The minimum Gasteiger partial charge on any atom is -0.489 e. The van der Waals surface area contributed by atoms with Gasteiger partial charge in [0.25, 0.3) is 5.91 Å². The van der Waals surface area contributed by atoms with Crippen LogP contribution in [0.2, 0.25) is 5.02 Å². The van der Waals surface area contributed by atoms with Crippen LogP contribution in [0, 0.1) is 20.8 Å². The van der Waals surface area contributed by atoms with Crippen LogP contribution < -0.4 is 10.1 Å². The molecule has 0 aliphatic heterocycles. The van der Waals surface area contributed by atoms with Gasteiger partial charge >= 0.3 is 5.97 Å². The van der Waals surface area contributed by atoms with Gasteiger partial charge in [-0.05, 0) is 62.7 Å². The van der Waals surface area contributed by atoms with Crippen molar-refractivity contribution in [2.75, 3.05) is 11.9 Å². The standard InChI is InChI=1S/C22H21ClN2O5/c1-13-4-7-17(10-20(13)23)24-21(26)12-29-22(27)16-5-8-18(9-6-16)28-11-19-14(2)25-30-15(19)3/h4-10H,11-12H2,1-3H3,(H,24,26). The molecule has 1 N–H and O–H groups in total. The van der Waals surface area contributed by atoms with Crippen molar-refractivity contribution in [3.63, 3.8) is 0 Å². The molecule has 3 rings (SSSR count). The predicted octanol–water partition coefficient (Wildman–Crippen LogP) is 4.63. The van der Waals surface area contributed by atoms with Crippen molar-refractivity contribution in [2.24, 2.45) is 0 Å². The van der Waals surface area contributed by atoms with Gasteiger partial charge in [0.1, 0.15) is 18.1 Å². The van der Waals surface area contributed by atoms with Crippen LogP contribution in [-0.2, 0) is 16.1 Å². The Bertz CT molecular complexity index is 1040. The largest absolute Gasteiger partial charge is 0.489 e. The quantitative estimate of drug-likeness (QED) is 0.552. The number of aromatic nitrogens is 1. The Labute approximate surface area is 178 Å². The van der Waals surface area contributed by atoms with Crippen molar-refractivity contribution in [2.45, 2.75) is 27.4 Å². The van der Waals surface area contributed by atoms with Gasteiger partial charge in [-0.25, -0.2) is 4.79 Å². The molecule has 0 bridgehead atoms. The van der Waals surface area contributed by atoms with Gasteiger partial charge in [-0.2, -0.15) is 0 Å². The lowest BCUT2D eigenvalue weighted by Gasteiger charge is -2.09. The lowest BCUT2D eigenvalue weighted by molar-refractivity contribution is -0.119. The number of nitrogens with one attached hydrogen (secondary N) is 1. The Balaban J connectivity index is 1.49. The summed E-state index contributed by atoms with van der Waals surface area (Å²) in [7, 11) is 0. The molecule has 0 unspecified atom stereocenters. The summed E-state index contributed by atoms with van der Waals surface area (Å²) in [6.07, 6.45) is 0. The number of benzene rings is 2. The summed E-state index contributed by atoms with van der Waals surface area (Å²) < 4.78 is 15.9. The molecule has 156 valence electrons. The first-order valence-corrected chi connectivity index (χ1v) is 9.59. The van der Waals surface area contributed by atoms with Crippen molar-refractivity contribution in [1.82, 2.24) is 5.16 Å². The number of ether oxygens (including phenoxy) is 2. The van der Waals surface area contributed by atoms with Gasteiger partial charge in [0, 0.05) is 10.7 Å². The van der Waals surface area contributed by atoms with E-state index in [0.717, 1.165) is 16.8 Å². The molecule has 0 fully saturated rings. The first-order chi connectivity index (χ1) is 14.3. The zero-order valence-electron chi connectivity index (χ0n) is 16.8. The molecule has 0 atom stereocenters. The van der Waals surface area contributed by atoms with Crippen LogP contribution in [0.1, 0.15) is 32.9 Å². The fourth-order valence-electron chi connectivity index (χ4n) is 2.63. The number of rotatable bonds is 7. The maximum absolute atomic E-state index is 12.2. The number of amides is 1. The van der Waals surface area contributed by atoms with Crippen LogP contribution in [0.3, 0.4) is 0 Å². The Morgan fingerprint density at radius 2 is 1.83 bits per heavy atom. The van der Waals surface area contributed by atoms with Crippen LogP contribution in [-0.4, -0.2) is 23.6 Å². The first-order valence-electron chi connectivity index (χ1n) is 9.21. The minimum atomic E-state index is -0.607. The van der Waals surface area contributed by atoms with Crippen molar-refractivity contribution < 1.29 is 23.6 Å². The van der Waals surface area contributed by atoms with Crippen molar-refractivity contribution in [3.8, 4) is 5.75 Å². The fourth-order valence-corrected chi connectivity index (χ4v) is 2.81. The summed E-state index contributed by atoms with van der Waals surface area (Å²) in [6, 6.07) is 11.6. The second-order valence-electron chi connectivity index (χ2n) is 6.70. The highest BCUT2D eigenvalue weighted by Gasteiger charge is 2.12. The molecular weight excluding hydrogens is 408 g/mol. The third-order valence-electron chi connectivity index (χ3n) is 4.44. The summed E-state index contributed by atoms with van der Waals surface area (Å²) in [5.74, 6) is 0.228. The normalized spacial score (nSPS) is 10.5. The number of hydrogen-bond donors (Lipinski definition) is 1. The summed E-state index contributed by atoms with van der Waals surface area (Å²) in [4.78, 5) is 24.1. The first kappa shape index (κ1) is 21.4. The lowest BCUT2D eigenvalue weighted by atomic mass is 10.2. The molecule has 0 saturated carbocycles. The number of hydrogen-bond acceptors (Lipinski definition) is 6. The number of halogens is 1. The molecule has 3 aromatic rings. The molecule has 0 aliphatic carbocycles. The van der Waals surface area contributed by atoms with Crippen LogP contribution in [0.15, 0.2) is 47.0 Å². The smallest absolute Gasteiger partial charge is 0.338 e. The fraction of sp³-hybridized carbons (Fsp3) is 0.227. The summed E-state index contributed by atoms with van der Waals surface area (Å²) in [5.41, 5.74) is 3.41. The maximum atomic E-state index is 12.2. The van der Waals surface area contributed by atoms with E-state index in [4.69, 9.17) is 25.6 Å². The van der Waals surface area contributed by atoms with Crippen molar-refractivity contribution in [3.05, 3.63) is 75.6 Å². The van der Waals surface area contributed by atoms with E-state index in [2.05, 4.69) is 10.5 Å². The molecule has 1 aromatic heterocycles. The summed E-state index contributed by atoms with van der Waals surface area (Å²) in [6.45, 7) is 5.44. The van der Waals surface area contributed by atoms with E-state index in [-0.39, 0.29) is 0 Å². The summed E-state index contributed by atoms with van der Waals surface area (Å²) >= 11 is 6.03. The maximum Gasteiger partial charge on any atom is 0.338 e. The number of carbonyl (C=O) groups is 2. The minimum absolute atomic E-state index is 0.311. The zero-order valence-corrected chi connectivity index (χ0v) is 17.6. The number of nitrogens with zero attached hydrogens (tertiary/aromatic N) is 1. The molecule has 30 heavy (non-hydrogen) atoms. The van der Waals surface area contributed by atoms with Gasteiger partial charge in [-0.15, -0.1) is 0 Å². The summed E-state index contributed by atoms with van der Waals surface area (Å²) in [5, 5.41) is 7.05. The van der Waals surface area contributed by atoms with Crippen LogP contribution >= 0.6 is 11.6 Å². The number of esters is 1. The Morgan fingerprint density at radius 3 is 2.47 bits per heavy atom. The van der Waals surface area contributed by atoms with Gasteiger partial charge in [0.2, 0.25) is 0 Å². The zero-order chi connectivity index (χ0) is 21.7. The third-order valence-corrected chi connectivity index (χ3v) is 4.85. The van der Waals surface area contributed by atoms with E-state index in [1.165, 1.54) is 0 Å². The van der Waals surface area contributed by atoms with Gasteiger partial charge < -0.3 is 19.3 Å². The molecule has 0 spiro atoms. The topological polar surface area (TPSA) is 90.7 Å². The van der Waals surface area contributed by atoms with Crippen LogP contribution in [0.5, 0.6) is 5.75 Å². The van der Waals surface area contributed by atoms with Gasteiger partial charge in [-0.3, -0.25) is 4.79 Å². The molecular formula is C22H21ClN2O5. The third kappa shape index (κ3) is 5.39. The van der Waals surface area contributed by atoms with Gasteiger partial charge in [0.05, 0.1) is 16.8 Å². The molecule has 8 heteroatoms. The second-order valence-corrected chi connectivity index (χ2v) is 7.11. The molecule has 0 radical (unpaired) electrons. The molecule has 1 heterocycles. The average Bonchev–Trinajstić information content (AvgIpc) is 3.05. The van der Waals surface area contributed by atoms with Gasteiger partial charge in [0.15, 0.2) is 6.61 Å². The SMILES string of the molecule is Cc1ccc(NC(=O)COC(=O)c2ccc(OCc3c(C)noc3C)cc2)cc1Cl. The second kappa shape index (κ2) is 9.45. The Morgan fingerprint density at radius 1 is 1.10 bits per heavy atom. The van der Waals surface area contributed by atoms with E-state index < -0.39 is 18.5 Å². The molecule has 0 saturated heterocycles. The molecule has 7 nitrogen and oxygen atoms in total. The molecule has 1 amide bonds. The Hall–Kier alpha value is -3.32. The number of anilines is 1. The van der Waals surface area contributed by atoms with Crippen LogP contribution in [0.4, 0.5) is 5.69 Å². The van der Waals surface area contributed by atoms with E-state index >= 15 is 0 Å². The highest BCUT2D eigenvalue weighted by Crippen LogP contribution is 2.20. The highest BCUT2D eigenvalue weighted by molar-refractivity contribution is 6.31. The monoisotopic (exact) mass is 428 g/mol. The number of aryl methyl sites for hydroxylation is 3. The van der Waals surface area contributed by atoms with E-state index in [9.17, 15) is 9.59 Å². The highest BCUT2D eigenvalue weighted by atomic mass is 35.5. The van der Waals surface area contributed by atoms with E-state index in [1.54, 1.807) is 42.5 Å². The van der Waals surface area contributed by atoms with Gasteiger partial charge in [-0.1, -0.05) is 22.8 Å². The number of carbonyl (C=O) groups excluding carboxylic acids is 2. The van der Waals surface area contributed by atoms with Crippen molar-refractivity contribution >= 4 is 29.2 Å². The lowest BCUT2D eigenvalue weighted by Crippen LogP contribution is -2.20.